The summed E-state index contributed by atoms with van der Waals surface area (Å²) in [5, 5.41) is 4.53. The molecule has 102 valence electrons. The van der Waals surface area contributed by atoms with Gasteiger partial charge in [-0.1, -0.05) is 32.9 Å². The summed E-state index contributed by atoms with van der Waals surface area (Å²) in [6, 6.07) is 8.01. The van der Waals surface area contributed by atoms with Gasteiger partial charge in [0.25, 0.3) is 0 Å². The van der Waals surface area contributed by atoms with E-state index in [1.807, 2.05) is 23.9 Å². The van der Waals surface area contributed by atoms with Gasteiger partial charge in [-0.3, -0.25) is 4.68 Å². The Kier molecular flexibility index (Phi) is 3.88. The van der Waals surface area contributed by atoms with Crippen LogP contribution in [0.5, 0.6) is 0 Å². The zero-order valence-electron chi connectivity index (χ0n) is 12.1. The molecule has 4 nitrogen and oxygen atoms in total. The molecule has 1 aromatic heterocycles. The fourth-order valence-corrected chi connectivity index (χ4v) is 2.23. The fourth-order valence-electron chi connectivity index (χ4n) is 2.23. The van der Waals surface area contributed by atoms with Crippen molar-refractivity contribution in [1.29, 1.82) is 0 Å². The number of hydrogen-bond acceptors (Lipinski definition) is 3. The van der Waals surface area contributed by atoms with E-state index in [4.69, 9.17) is 5.73 Å². The van der Waals surface area contributed by atoms with Crippen LogP contribution < -0.4 is 5.73 Å². The Balaban J connectivity index is 2.13. The molecule has 1 unspecified atom stereocenters. The number of aryl methyl sites for hydroxylation is 1. The maximum absolute atomic E-state index is 5.70. The Bertz CT molecular complexity index is 540. The third kappa shape index (κ3) is 3.13. The number of anilines is 1. The second kappa shape index (κ2) is 5.43. The second-order valence-corrected chi connectivity index (χ2v) is 5.45. The van der Waals surface area contributed by atoms with Gasteiger partial charge in [-0.05, 0) is 24.1 Å². The van der Waals surface area contributed by atoms with Gasteiger partial charge in [-0.2, -0.15) is 5.10 Å². The Morgan fingerprint density at radius 2 is 1.79 bits per heavy atom. The summed E-state index contributed by atoms with van der Waals surface area (Å²) in [5.41, 5.74) is 7.76. The zero-order valence-corrected chi connectivity index (χ0v) is 12.1. The van der Waals surface area contributed by atoms with Gasteiger partial charge in [0.2, 0.25) is 0 Å². The topological polar surface area (TPSA) is 56.7 Å². The maximum atomic E-state index is 5.70. The third-order valence-corrected chi connectivity index (χ3v) is 3.29. The maximum Gasteiger partial charge on any atom is 0.154 e. The summed E-state index contributed by atoms with van der Waals surface area (Å²) in [7, 11) is 1.96. The summed E-state index contributed by atoms with van der Waals surface area (Å²) in [6.45, 7) is 6.44. The lowest BCUT2D eigenvalue weighted by atomic mass is 10.0. The number of nitrogen functional groups attached to an aromatic ring is 1. The molecule has 0 saturated carbocycles. The normalized spacial score (nSPS) is 12.9. The summed E-state index contributed by atoms with van der Waals surface area (Å²) in [6.07, 6.45) is 0.932. The quantitative estimate of drug-likeness (QED) is 0.858. The lowest BCUT2D eigenvalue weighted by Gasteiger charge is -2.07. The largest absolute Gasteiger partial charge is 0.399 e. The van der Waals surface area contributed by atoms with E-state index in [1.54, 1.807) is 0 Å². The SMILES string of the molecule is CC(C)c1nc(C(C)Cc2ccc(N)cc2)nn1C. The number of nitrogens with two attached hydrogens (primary N) is 1. The van der Waals surface area contributed by atoms with Crippen molar-refractivity contribution in [2.24, 2.45) is 7.05 Å². The third-order valence-electron chi connectivity index (χ3n) is 3.29. The number of rotatable bonds is 4. The highest BCUT2D eigenvalue weighted by atomic mass is 15.3. The molecular weight excluding hydrogens is 236 g/mol. The summed E-state index contributed by atoms with van der Waals surface area (Å²) < 4.78 is 1.89. The van der Waals surface area contributed by atoms with Crippen LogP contribution in [0, 0.1) is 0 Å². The first-order valence-corrected chi connectivity index (χ1v) is 6.72. The van der Waals surface area contributed by atoms with Crippen molar-refractivity contribution in [3.8, 4) is 0 Å². The van der Waals surface area contributed by atoms with E-state index < -0.39 is 0 Å². The van der Waals surface area contributed by atoms with Crippen molar-refractivity contribution in [2.45, 2.75) is 39.0 Å². The molecule has 0 aliphatic carbocycles. The number of benzene rings is 1. The first-order valence-electron chi connectivity index (χ1n) is 6.72. The number of aromatic nitrogens is 3. The van der Waals surface area contributed by atoms with Gasteiger partial charge in [0.15, 0.2) is 5.82 Å². The lowest BCUT2D eigenvalue weighted by molar-refractivity contribution is 0.641. The lowest BCUT2D eigenvalue weighted by Crippen LogP contribution is -2.02. The van der Waals surface area contributed by atoms with Gasteiger partial charge in [-0.15, -0.1) is 0 Å². The minimum Gasteiger partial charge on any atom is -0.399 e. The van der Waals surface area contributed by atoms with Crippen molar-refractivity contribution in [3.05, 3.63) is 41.5 Å². The predicted octanol–water partition coefficient (Wildman–Crippen LogP) is 2.87. The molecule has 0 radical (unpaired) electrons. The highest BCUT2D eigenvalue weighted by molar-refractivity contribution is 5.39. The molecule has 0 aliphatic rings. The highest BCUT2D eigenvalue weighted by Crippen LogP contribution is 2.20. The Labute approximate surface area is 114 Å². The van der Waals surface area contributed by atoms with Crippen LogP contribution in [0.25, 0.3) is 0 Å². The average molecular weight is 258 g/mol. The molecule has 0 fully saturated rings. The van der Waals surface area contributed by atoms with Crippen LogP contribution in [0.2, 0.25) is 0 Å². The molecule has 2 aromatic rings. The van der Waals surface area contributed by atoms with E-state index in [-0.39, 0.29) is 0 Å². The molecule has 0 aliphatic heterocycles. The van der Waals surface area contributed by atoms with Crippen LogP contribution in [-0.2, 0) is 13.5 Å². The first-order chi connectivity index (χ1) is 8.97. The van der Waals surface area contributed by atoms with Gasteiger partial charge in [-0.25, -0.2) is 4.98 Å². The van der Waals surface area contributed by atoms with Crippen LogP contribution in [-0.4, -0.2) is 14.8 Å². The van der Waals surface area contributed by atoms with Crippen LogP contribution >= 0.6 is 0 Å². The minimum atomic E-state index is 0.308. The minimum absolute atomic E-state index is 0.308. The first kappa shape index (κ1) is 13.6. The monoisotopic (exact) mass is 258 g/mol. The molecule has 1 heterocycles. The van der Waals surface area contributed by atoms with Crippen molar-refractivity contribution in [3.63, 3.8) is 0 Å². The van der Waals surface area contributed by atoms with Gasteiger partial charge >= 0.3 is 0 Å². The fraction of sp³-hybridized carbons (Fsp3) is 0.467. The summed E-state index contributed by atoms with van der Waals surface area (Å²) in [5.74, 6) is 2.67. The van der Waals surface area contributed by atoms with Crippen molar-refractivity contribution in [1.82, 2.24) is 14.8 Å². The Morgan fingerprint density at radius 1 is 1.16 bits per heavy atom. The summed E-state index contributed by atoms with van der Waals surface area (Å²) >= 11 is 0. The number of hydrogen-bond donors (Lipinski definition) is 1. The van der Waals surface area contributed by atoms with E-state index in [2.05, 4.69) is 43.0 Å². The van der Waals surface area contributed by atoms with E-state index in [9.17, 15) is 0 Å². The molecule has 0 saturated heterocycles. The van der Waals surface area contributed by atoms with E-state index >= 15 is 0 Å². The predicted molar refractivity (Wildman–Crippen MR) is 78.1 cm³/mol. The number of nitrogens with zero attached hydrogens (tertiary/aromatic N) is 3. The van der Waals surface area contributed by atoms with E-state index in [0.717, 1.165) is 23.8 Å². The van der Waals surface area contributed by atoms with E-state index in [1.165, 1.54) is 5.56 Å². The van der Waals surface area contributed by atoms with Crippen LogP contribution in [0.15, 0.2) is 24.3 Å². The molecular formula is C15H22N4. The standard InChI is InChI=1S/C15H22N4/c1-10(2)15-17-14(18-19(15)4)11(3)9-12-5-7-13(16)8-6-12/h5-8,10-11H,9,16H2,1-4H3. The summed E-state index contributed by atoms with van der Waals surface area (Å²) in [4.78, 5) is 4.65. The zero-order chi connectivity index (χ0) is 14.0. The molecule has 1 atom stereocenters. The van der Waals surface area contributed by atoms with Crippen LogP contribution in [0.1, 0.15) is 49.8 Å². The molecule has 4 heteroatoms. The van der Waals surface area contributed by atoms with Crippen molar-refractivity contribution < 1.29 is 0 Å². The highest BCUT2D eigenvalue weighted by Gasteiger charge is 2.16. The molecule has 1 aromatic carbocycles. The van der Waals surface area contributed by atoms with Crippen LogP contribution in [0.4, 0.5) is 5.69 Å². The molecule has 2 N–H and O–H groups in total. The van der Waals surface area contributed by atoms with Crippen molar-refractivity contribution >= 4 is 5.69 Å². The molecule has 0 amide bonds. The average Bonchev–Trinajstić information content (AvgIpc) is 2.74. The van der Waals surface area contributed by atoms with Crippen LogP contribution in [0.3, 0.4) is 0 Å². The molecule has 0 bridgehead atoms. The van der Waals surface area contributed by atoms with Gasteiger partial charge in [0, 0.05) is 24.6 Å². The van der Waals surface area contributed by atoms with Gasteiger partial charge in [0.05, 0.1) is 0 Å². The smallest absolute Gasteiger partial charge is 0.154 e. The second-order valence-electron chi connectivity index (χ2n) is 5.45. The molecule has 0 spiro atoms. The molecule has 2 rings (SSSR count). The van der Waals surface area contributed by atoms with Crippen molar-refractivity contribution in [2.75, 3.05) is 5.73 Å². The van der Waals surface area contributed by atoms with E-state index in [0.29, 0.717) is 11.8 Å². The Hall–Kier alpha value is -1.84. The van der Waals surface area contributed by atoms with Gasteiger partial charge in [0.1, 0.15) is 5.82 Å². The van der Waals surface area contributed by atoms with Gasteiger partial charge < -0.3 is 5.73 Å². The molecule has 19 heavy (non-hydrogen) atoms. The Morgan fingerprint density at radius 3 is 2.32 bits per heavy atom.